The van der Waals surface area contributed by atoms with E-state index in [4.69, 9.17) is 14.6 Å². The van der Waals surface area contributed by atoms with Gasteiger partial charge in [0.25, 0.3) is 0 Å². The summed E-state index contributed by atoms with van der Waals surface area (Å²) in [5.74, 6) is -0.0618. The van der Waals surface area contributed by atoms with Crippen LogP contribution in [0, 0.1) is 0 Å². The van der Waals surface area contributed by atoms with Crippen LogP contribution in [0.4, 0.5) is 0 Å². The third-order valence-corrected chi connectivity index (χ3v) is 3.70. The Kier molecular flexibility index (Phi) is 4.98. The molecule has 1 aliphatic heterocycles. The predicted octanol–water partition coefficient (Wildman–Crippen LogP) is 1.93. The number of rotatable bonds is 5. The van der Waals surface area contributed by atoms with E-state index in [0.717, 1.165) is 18.7 Å². The van der Waals surface area contributed by atoms with Crippen LogP contribution < -0.4 is 4.74 Å². The van der Waals surface area contributed by atoms with Gasteiger partial charge in [-0.25, -0.2) is 4.79 Å². The first-order valence-electron chi connectivity index (χ1n) is 6.88. The molecule has 20 heavy (non-hydrogen) atoms. The number of aliphatic carboxylic acids is 1. The van der Waals surface area contributed by atoms with E-state index in [1.165, 1.54) is 5.56 Å². The second-order valence-corrected chi connectivity index (χ2v) is 4.89. The summed E-state index contributed by atoms with van der Waals surface area (Å²) in [6, 6.07) is 8.17. The maximum absolute atomic E-state index is 11.1. The average Bonchev–Trinajstić information content (AvgIpc) is 2.49. The Balaban J connectivity index is 2.12. The van der Waals surface area contributed by atoms with Gasteiger partial charge in [0.15, 0.2) is 6.10 Å². The van der Waals surface area contributed by atoms with Crippen molar-refractivity contribution in [3.8, 4) is 5.75 Å². The number of benzene rings is 1. The van der Waals surface area contributed by atoms with E-state index in [1.54, 1.807) is 7.11 Å². The van der Waals surface area contributed by atoms with Crippen molar-refractivity contribution in [1.82, 2.24) is 4.90 Å². The molecule has 2 unspecified atom stereocenters. The van der Waals surface area contributed by atoms with Crippen molar-refractivity contribution < 1.29 is 19.4 Å². The van der Waals surface area contributed by atoms with Crippen LogP contribution >= 0.6 is 0 Å². The maximum Gasteiger partial charge on any atom is 0.334 e. The molecule has 1 aromatic rings. The quantitative estimate of drug-likeness (QED) is 0.892. The van der Waals surface area contributed by atoms with Gasteiger partial charge in [-0.2, -0.15) is 0 Å². The zero-order chi connectivity index (χ0) is 14.5. The molecular weight excluding hydrogens is 258 g/mol. The minimum atomic E-state index is -0.890. The zero-order valence-corrected chi connectivity index (χ0v) is 11.9. The van der Waals surface area contributed by atoms with Gasteiger partial charge < -0.3 is 14.6 Å². The topological polar surface area (TPSA) is 59.0 Å². The summed E-state index contributed by atoms with van der Waals surface area (Å²) in [6.07, 6.45) is 0.203. The molecule has 2 atom stereocenters. The van der Waals surface area contributed by atoms with Crippen molar-refractivity contribution >= 4 is 5.97 Å². The van der Waals surface area contributed by atoms with E-state index in [9.17, 15) is 4.79 Å². The molecule has 1 N–H and O–H groups in total. The summed E-state index contributed by atoms with van der Waals surface area (Å²) >= 11 is 0. The fourth-order valence-corrected chi connectivity index (χ4v) is 2.63. The normalized spacial score (nSPS) is 21.4. The highest BCUT2D eigenvalue weighted by atomic mass is 16.5. The maximum atomic E-state index is 11.1. The van der Waals surface area contributed by atoms with Crippen LogP contribution in [0.1, 0.15) is 24.9 Å². The number of hydrogen-bond acceptors (Lipinski definition) is 4. The molecule has 1 aromatic carbocycles. The second-order valence-electron chi connectivity index (χ2n) is 4.89. The Morgan fingerprint density at radius 2 is 2.20 bits per heavy atom. The van der Waals surface area contributed by atoms with Gasteiger partial charge in [0, 0.05) is 19.1 Å². The number of carboxylic acid groups (broad SMARTS) is 1. The lowest BCUT2D eigenvalue weighted by Gasteiger charge is -2.36. The van der Waals surface area contributed by atoms with Crippen LogP contribution in [0.3, 0.4) is 0 Å². The average molecular weight is 279 g/mol. The van der Waals surface area contributed by atoms with Crippen molar-refractivity contribution in [2.75, 3.05) is 26.8 Å². The molecule has 1 aliphatic rings. The molecule has 2 rings (SSSR count). The van der Waals surface area contributed by atoms with Gasteiger partial charge >= 0.3 is 5.97 Å². The monoisotopic (exact) mass is 279 g/mol. The van der Waals surface area contributed by atoms with Gasteiger partial charge in [0.2, 0.25) is 0 Å². The van der Waals surface area contributed by atoms with E-state index in [-0.39, 0.29) is 6.04 Å². The van der Waals surface area contributed by atoms with Gasteiger partial charge in [-0.3, -0.25) is 4.90 Å². The summed E-state index contributed by atoms with van der Waals surface area (Å²) in [7, 11) is 1.64. The highest BCUT2D eigenvalue weighted by Gasteiger charge is 2.30. The van der Waals surface area contributed by atoms with Crippen LogP contribution in [0.5, 0.6) is 5.75 Å². The van der Waals surface area contributed by atoms with E-state index in [2.05, 4.69) is 11.8 Å². The fraction of sp³-hybridized carbons (Fsp3) is 0.533. The van der Waals surface area contributed by atoms with E-state index in [0.29, 0.717) is 13.2 Å². The molecule has 110 valence electrons. The SMILES string of the molecule is CCC(c1ccc(OC)cc1)N1CCOC(C(=O)O)C1. The van der Waals surface area contributed by atoms with Crippen LogP contribution in [0.2, 0.25) is 0 Å². The first-order chi connectivity index (χ1) is 9.65. The Morgan fingerprint density at radius 3 is 2.75 bits per heavy atom. The number of nitrogens with zero attached hydrogens (tertiary/aromatic N) is 1. The number of ether oxygens (including phenoxy) is 2. The highest BCUT2D eigenvalue weighted by Crippen LogP contribution is 2.27. The molecule has 1 fully saturated rings. The Bertz CT molecular complexity index is 446. The Morgan fingerprint density at radius 1 is 1.50 bits per heavy atom. The molecule has 5 heteroatoms. The largest absolute Gasteiger partial charge is 0.497 e. The first-order valence-corrected chi connectivity index (χ1v) is 6.88. The van der Waals surface area contributed by atoms with Crippen molar-refractivity contribution in [2.45, 2.75) is 25.5 Å². The summed E-state index contributed by atoms with van der Waals surface area (Å²) in [4.78, 5) is 13.2. The molecule has 5 nitrogen and oxygen atoms in total. The van der Waals surface area contributed by atoms with Crippen LogP contribution in [0.25, 0.3) is 0 Å². The number of methoxy groups -OCH3 is 1. The molecule has 1 saturated heterocycles. The van der Waals surface area contributed by atoms with E-state index >= 15 is 0 Å². The molecule has 0 aliphatic carbocycles. The van der Waals surface area contributed by atoms with E-state index in [1.807, 2.05) is 24.3 Å². The summed E-state index contributed by atoms with van der Waals surface area (Å²) < 4.78 is 10.4. The van der Waals surface area contributed by atoms with Crippen molar-refractivity contribution in [3.05, 3.63) is 29.8 Å². The number of carbonyl (C=O) groups is 1. The van der Waals surface area contributed by atoms with Gasteiger partial charge in [0.1, 0.15) is 5.75 Å². The summed E-state index contributed by atoms with van der Waals surface area (Å²) in [6.45, 7) is 3.76. The van der Waals surface area contributed by atoms with Crippen molar-refractivity contribution in [1.29, 1.82) is 0 Å². The fourth-order valence-electron chi connectivity index (χ4n) is 2.63. The minimum absolute atomic E-state index is 0.214. The number of hydrogen-bond donors (Lipinski definition) is 1. The smallest absolute Gasteiger partial charge is 0.334 e. The van der Waals surface area contributed by atoms with Gasteiger partial charge in [-0.05, 0) is 24.1 Å². The lowest BCUT2D eigenvalue weighted by Crippen LogP contribution is -2.47. The van der Waals surface area contributed by atoms with Gasteiger partial charge in [-0.1, -0.05) is 19.1 Å². The highest BCUT2D eigenvalue weighted by molar-refractivity contribution is 5.72. The molecule has 0 bridgehead atoms. The predicted molar refractivity (Wildman–Crippen MR) is 75.0 cm³/mol. The third kappa shape index (κ3) is 3.29. The van der Waals surface area contributed by atoms with Crippen molar-refractivity contribution in [2.24, 2.45) is 0 Å². The summed E-state index contributed by atoms with van der Waals surface area (Å²) in [5.41, 5.74) is 1.18. The standard InChI is InChI=1S/C15H21NO4/c1-3-13(11-4-6-12(19-2)7-5-11)16-8-9-20-14(10-16)15(17)18/h4-7,13-14H,3,8-10H2,1-2H3,(H,17,18). The molecular formula is C15H21NO4. The Hall–Kier alpha value is -1.59. The molecule has 0 saturated carbocycles. The second kappa shape index (κ2) is 6.72. The lowest BCUT2D eigenvalue weighted by atomic mass is 10.0. The number of carboxylic acids is 1. The van der Waals surface area contributed by atoms with E-state index < -0.39 is 12.1 Å². The molecule has 0 aromatic heterocycles. The molecule has 0 spiro atoms. The Labute approximate surface area is 119 Å². The third-order valence-electron chi connectivity index (χ3n) is 3.70. The van der Waals surface area contributed by atoms with Gasteiger partial charge in [0.05, 0.1) is 13.7 Å². The van der Waals surface area contributed by atoms with Crippen LogP contribution in [-0.2, 0) is 9.53 Å². The minimum Gasteiger partial charge on any atom is -0.497 e. The van der Waals surface area contributed by atoms with Crippen LogP contribution in [0.15, 0.2) is 24.3 Å². The lowest BCUT2D eigenvalue weighted by molar-refractivity contribution is -0.157. The van der Waals surface area contributed by atoms with Gasteiger partial charge in [-0.15, -0.1) is 0 Å². The molecule has 0 radical (unpaired) electrons. The molecule has 1 heterocycles. The molecule has 0 amide bonds. The first kappa shape index (κ1) is 14.8. The van der Waals surface area contributed by atoms with Crippen molar-refractivity contribution in [3.63, 3.8) is 0 Å². The summed E-state index contributed by atoms with van der Waals surface area (Å²) in [5, 5.41) is 9.08. The number of morpholine rings is 1. The van der Waals surface area contributed by atoms with Crippen LogP contribution in [-0.4, -0.2) is 48.9 Å². The zero-order valence-electron chi connectivity index (χ0n) is 11.9.